The molecule has 0 aliphatic carbocycles. The molecular weight excluding hydrogens is 292 g/mol. The minimum atomic E-state index is 0.610. The summed E-state index contributed by atoms with van der Waals surface area (Å²) in [4.78, 5) is 0. The van der Waals surface area contributed by atoms with Gasteiger partial charge in [0.2, 0.25) is 0 Å². The average molecular weight is 314 g/mol. The first kappa shape index (κ1) is 16.9. The predicted octanol–water partition coefficient (Wildman–Crippen LogP) is 3.13. The molecule has 0 aromatic heterocycles. The zero-order chi connectivity index (χ0) is 14.8. The maximum Gasteiger partial charge on any atom is 0.170 e. The highest BCUT2D eigenvalue weighted by Crippen LogP contribution is 2.30. The van der Waals surface area contributed by atoms with E-state index in [0.29, 0.717) is 17.5 Å². The maximum atomic E-state index is 5.48. The molecule has 2 N–H and O–H groups in total. The Morgan fingerprint density at radius 1 is 1.35 bits per heavy atom. The van der Waals surface area contributed by atoms with Crippen LogP contribution in [0, 0.1) is 0 Å². The Morgan fingerprint density at radius 2 is 2.15 bits per heavy atom. The molecule has 0 amide bonds. The SMILES string of the molecule is CCOc1ccc(NC(=S)NCCCSC)cc1OC. The first-order valence-corrected chi connectivity index (χ1v) is 8.36. The Bertz CT molecular complexity index is 428. The molecule has 0 heterocycles. The van der Waals surface area contributed by atoms with Gasteiger partial charge in [-0.15, -0.1) is 0 Å². The molecule has 112 valence electrons. The topological polar surface area (TPSA) is 42.5 Å². The van der Waals surface area contributed by atoms with Crippen molar-refractivity contribution >= 4 is 34.8 Å². The van der Waals surface area contributed by atoms with Gasteiger partial charge in [-0.25, -0.2) is 0 Å². The number of thiocarbonyl (C=S) groups is 1. The van der Waals surface area contributed by atoms with Gasteiger partial charge in [0, 0.05) is 18.3 Å². The molecule has 1 rings (SSSR count). The van der Waals surface area contributed by atoms with Crippen molar-refractivity contribution in [2.24, 2.45) is 0 Å². The molecule has 0 saturated heterocycles. The summed E-state index contributed by atoms with van der Waals surface area (Å²) >= 11 is 7.08. The fourth-order valence-corrected chi connectivity index (χ4v) is 2.27. The van der Waals surface area contributed by atoms with Crippen LogP contribution in [0.3, 0.4) is 0 Å². The third-order valence-corrected chi connectivity index (χ3v) is 3.48. The lowest BCUT2D eigenvalue weighted by Crippen LogP contribution is -2.29. The Morgan fingerprint density at radius 3 is 2.80 bits per heavy atom. The Hall–Kier alpha value is -1.14. The summed E-state index contributed by atoms with van der Waals surface area (Å²) in [5, 5.41) is 6.94. The number of benzene rings is 1. The molecule has 0 bridgehead atoms. The molecule has 0 atom stereocenters. The average Bonchev–Trinajstić information content (AvgIpc) is 2.45. The zero-order valence-electron chi connectivity index (χ0n) is 12.2. The van der Waals surface area contributed by atoms with Crippen molar-refractivity contribution in [2.45, 2.75) is 13.3 Å². The lowest BCUT2D eigenvalue weighted by molar-refractivity contribution is 0.311. The van der Waals surface area contributed by atoms with E-state index in [1.807, 2.05) is 36.9 Å². The van der Waals surface area contributed by atoms with Crippen LogP contribution >= 0.6 is 24.0 Å². The second-order valence-corrected chi connectivity index (χ2v) is 5.42. The molecule has 0 aliphatic heterocycles. The molecule has 0 fully saturated rings. The van der Waals surface area contributed by atoms with E-state index in [4.69, 9.17) is 21.7 Å². The Labute approximate surface area is 130 Å². The number of hydrogen-bond acceptors (Lipinski definition) is 4. The molecule has 1 aromatic carbocycles. The van der Waals surface area contributed by atoms with E-state index in [1.54, 1.807) is 7.11 Å². The summed E-state index contributed by atoms with van der Waals surface area (Å²) in [5.74, 6) is 2.56. The zero-order valence-corrected chi connectivity index (χ0v) is 13.8. The van der Waals surface area contributed by atoms with Gasteiger partial charge in [-0.2, -0.15) is 11.8 Å². The largest absolute Gasteiger partial charge is 0.493 e. The minimum Gasteiger partial charge on any atom is -0.493 e. The summed E-state index contributed by atoms with van der Waals surface area (Å²) in [6.45, 7) is 3.43. The minimum absolute atomic E-state index is 0.610. The third kappa shape index (κ3) is 5.88. The first-order valence-electron chi connectivity index (χ1n) is 6.55. The quantitative estimate of drug-likeness (QED) is 0.568. The van der Waals surface area contributed by atoms with Crippen molar-refractivity contribution in [1.29, 1.82) is 0 Å². The number of rotatable bonds is 8. The second kappa shape index (κ2) is 9.72. The van der Waals surface area contributed by atoms with Gasteiger partial charge in [0.25, 0.3) is 0 Å². The summed E-state index contributed by atoms with van der Waals surface area (Å²) < 4.78 is 10.8. The summed E-state index contributed by atoms with van der Waals surface area (Å²) in [6.07, 6.45) is 3.19. The van der Waals surface area contributed by atoms with E-state index in [9.17, 15) is 0 Å². The molecule has 0 spiro atoms. The van der Waals surface area contributed by atoms with Crippen LogP contribution in [0.15, 0.2) is 18.2 Å². The van der Waals surface area contributed by atoms with Crippen LogP contribution in [-0.4, -0.2) is 37.4 Å². The van der Waals surface area contributed by atoms with Gasteiger partial charge in [0.1, 0.15) is 0 Å². The van der Waals surface area contributed by atoms with Crippen LogP contribution < -0.4 is 20.1 Å². The van der Waals surface area contributed by atoms with E-state index >= 15 is 0 Å². The second-order valence-electron chi connectivity index (χ2n) is 4.03. The van der Waals surface area contributed by atoms with Crippen molar-refractivity contribution in [3.05, 3.63) is 18.2 Å². The van der Waals surface area contributed by atoms with Gasteiger partial charge < -0.3 is 20.1 Å². The van der Waals surface area contributed by atoms with Crippen molar-refractivity contribution in [1.82, 2.24) is 5.32 Å². The van der Waals surface area contributed by atoms with Crippen molar-refractivity contribution in [3.8, 4) is 11.5 Å². The Balaban J connectivity index is 2.52. The molecule has 6 heteroatoms. The normalized spacial score (nSPS) is 9.95. The molecule has 1 aromatic rings. The molecule has 4 nitrogen and oxygen atoms in total. The highest BCUT2D eigenvalue weighted by atomic mass is 32.2. The molecule has 0 aliphatic rings. The van der Waals surface area contributed by atoms with E-state index < -0.39 is 0 Å². The van der Waals surface area contributed by atoms with Gasteiger partial charge in [-0.1, -0.05) is 0 Å². The Kier molecular flexibility index (Phi) is 8.22. The predicted molar refractivity (Wildman–Crippen MR) is 91.4 cm³/mol. The lowest BCUT2D eigenvalue weighted by atomic mass is 10.3. The van der Waals surface area contributed by atoms with Crippen LogP contribution in [-0.2, 0) is 0 Å². The smallest absolute Gasteiger partial charge is 0.170 e. The van der Waals surface area contributed by atoms with E-state index in [1.165, 1.54) is 0 Å². The molecule has 0 radical (unpaired) electrons. The molecule has 0 unspecified atom stereocenters. The van der Waals surface area contributed by atoms with Crippen LogP contribution in [0.25, 0.3) is 0 Å². The fraction of sp³-hybridized carbons (Fsp3) is 0.500. The van der Waals surface area contributed by atoms with E-state index in [-0.39, 0.29) is 0 Å². The monoisotopic (exact) mass is 314 g/mol. The van der Waals surface area contributed by atoms with Gasteiger partial charge in [0.15, 0.2) is 16.6 Å². The van der Waals surface area contributed by atoms with Gasteiger partial charge in [0.05, 0.1) is 13.7 Å². The number of thioether (sulfide) groups is 1. The van der Waals surface area contributed by atoms with E-state index in [2.05, 4.69) is 16.9 Å². The number of anilines is 1. The number of hydrogen-bond donors (Lipinski definition) is 2. The van der Waals surface area contributed by atoms with Crippen molar-refractivity contribution in [2.75, 3.05) is 37.6 Å². The van der Waals surface area contributed by atoms with Crippen molar-refractivity contribution < 1.29 is 9.47 Å². The summed E-state index contributed by atoms with van der Waals surface area (Å²) in [7, 11) is 1.63. The molecule has 0 saturated carbocycles. The third-order valence-electron chi connectivity index (χ3n) is 2.53. The van der Waals surface area contributed by atoms with Crippen LogP contribution in [0.1, 0.15) is 13.3 Å². The highest BCUT2D eigenvalue weighted by Gasteiger charge is 2.06. The first-order chi connectivity index (χ1) is 9.71. The number of methoxy groups -OCH3 is 1. The van der Waals surface area contributed by atoms with Crippen LogP contribution in [0.4, 0.5) is 5.69 Å². The summed E-state index contributed by atoms with van der Waals surface area (Å²) in [6, 6.07) is 5.67. The van der Waals surface area contributed by atoms with Gasteiger partial charge in [-0.05, 0) is 49.7 Å². The fourth-order valence-electron chi connectivity index (χ4n) is 1.61. The number of ether oxygens (including phenoxy) is 2. The van der Waals surface area contributed by atoms with Crippen LogP contribution in [0.5, 0.6) is 11.5 Å². The maximum absolute atomic E-state index is 5.48. The van der Waals surface area contributed by atoms with E-state index in [0.717, 1.165) is 30.2 Å². The lowest BCUT2D eigenvalue weighted by Gasteiger charge is -2.13. The molecule has 20 heavy (non-hydrogen) atoms. The standard InChI is InChI=1S/C14H22N2O2S2/c1-4-18-12-7-6-11(10-13(12)17-2)16-14(19)15-8-5-9-20-3/h6-7,10H,4-5,8-9H2,1-3H3,(H2,15,16,19). The van der Waals surface area contributed by atoms with Gasteiger partial charge >= 0.3 is 0 Å². The molecular formula is C14H22N2O2S2. The van der Waals surface area contributed by atoms with Gasteiger partial charge in [-0.3, -0.25) is 0 Å². The highest BCUT2D eigenvalue weighted by molar-refractivity contribution is 7.98. The number of nitrogens with one attached hydrogen (secondary N) is 2. The van der Waals surface area contributed by atoms with Crippen molar-refractivity contribution in [3.63, 3.8) is 0 Å². The summed E-state index contributed by atoms with van der Waals surface area (Å²) in [5.41, 5.74) is 0.882. The van der Waals surface area contributed by atoms with Crippen LogP contribution in [0.2, 0.25) is 0 Å².